The minimum atomic E-state index is -0.146. The van der Waals surface area contributed by atoms with Crippen molar-refractivity contribution >= 4 is 17.7 Å². The second-order valence-electron chi connectivity index (χ2n) is 5.97. The second kappa shape index (κ2) is 8.63. The fraction of sp³-hybridized carbons (Fsp3) is 0.278. The molecule has 0 atom stereocenters. The van der Waals surface area contributed by atoms with Gasteiger partial charge in [-0.2, -0.15) is 0 Å². The summed E-state index contributed by atoms with van der Waals surface area (Å²) < 4.78 is 12.3. The smallest absolute Gasteiger partial charge is 0.230 e. The van der Waals surface area contributed by atoms with Crippen molar-refractivity contribution in [1.82, 2.24) is 20.2 Å². The van der Waals surface area contributed by atoms with Crippen LogP contribution in [0.1, 0.15) is 22.7 Å². The molecule has 1 amide bonds. The maximum Gasteiger partial charge on any atom is 0.230 e. The quantitative estimate of drug-likeness (QED) is 0.450. The van der Waals surface area contributed by atoms with Crippen molar-refractivity contribution in [2.75, 3.05) is 11.6 Å². The summed E-state index contributed by atoms with van der Waals surface area (Å²) in [5.74, 6) is 7.99. The van der Waals surface area contributed by atoms with Crippen molar-refractivity contribution in [2.45, 2.75) is 32.2 Å². The van der Waals surface area contributed by atoms with E-state index in [1.54, 1.807) is 18.4 Å². The van der Waals surface area contributed by atoms with E-state index in [2.05, 4.69) is 15.5 Å². The van der Waals surface area contributed by atoms with Crippen LogP contribution in [-0.4, -0.2) is 26.5 Å². The van der Waals surface area contributed by atoms with Crippen LogP contribution >= 0.6 is 11.8 Å². The first-order chi connectivity index (χ1) is 13.0. The number of aryl methyl sites for hydroxylation is 2. The molecule has 0 spiro atoms. The molecular weight excluding hydrogens is 366 g/mol. The van der Waals surface area contributed by atoms with Gasteiger partial charge in [-0.25, -0.2) is 4.68 Å². The molecule has 142 valence electrons. The normalized spacial score (nSPS) is 10.7. The lowest BCUT2D eigenvalue weighted by molar-refractivity contribution is -0.118. The van der Waals surface area contributed by atoms with Crippen LogP contribution in [0.3, 0.4) is 0 Å². The van der Waals surface area contributed by atoms with Crippen molar-refractivity contribution in [3.63, 3.8) is 0 Å². The number of thioether (sulfide) groups is 1. The Kier molecular flexibility index (Phi) is 6.02. The van der Waals surface area contributed by atoms with Gasteiger partial charge in [0.05, 0.1) is 18.6 Å². The molecule has 0 radical (unpaired) electrons. The Labute approximate surface area is 161 Å². The summed E-state index contributed by atoms with van der Waals surface area (Å²) in [7, 11) is 0. The minimum Gasteiger partial charge on any atom is -0.485 e. The molecule has 0 aliphatic rings. The molecule has 0 unspecified atom stereocenters. The number of nitrogens with two attached hydrogens (primary N) is 1. The molecule has 8 nitrogen and oxygen atoms in total. The molecule has 0 aliphatic carbocycles. The van der Waals surface area contributed by atoms with Crippen molar-refractivity contribution in [2.24, 2.45) is 0 Å². The van der Waals surface area contributed by atoms with Gasteiger partial charge in [-0.05, 0) is 37.6 Å². The van der Waals surface area contributed by atoms with E-state index in [1.165, 1.54) is 22.0 Å². The first-order valence-electron chi connectivity index (χ1n) is 8.34. The number of ether oxygens (including phenoxy) is 1. The number of carbonyl (C=O) groups is 1. The molecule has 27 heavy (non-hydrogen) atoms. The SMILES string of the molecule is Cc1ccc(OCc2nnc(SCC(=O)NCc3ccco3)n2N)c(C)c1. The number of furan rings is 1. The topological polar surface area (TPSA) is 108 Å². The van der Waals surface area contributed by atoms with E-state index in [-0.39, 0.29) is 18.3 Å². The van der Waals surface area contributed by atoms with Gasteiger partial charge in [0.2, 0.25) is 11.1 Å². The number of amides is 1. The lowest BCUT2D eigenvalue weighted by atomic mass is 10.1. The molecule has 0 bridgehead atoms. The molecule has 2 aromatic heterocycles. The average Bonchev–Trinajstić information content (AvgIpc) is 3.28. The van der Waals surface area contributed by atoms with Gasteiger partial charge in [0.1, 0.15) is 18.1 Å². The summed E-state index contributed by atoms with van der Waals surface area (Å²) in [4.78, 5) is 11.9. The van der Waals surface area contributed by atoms with E-state index >= 15 is 0 Å². The minimum absolute atomic E-state index is 0.146. The van der Waals surface area contributed by atoms with Crippen LogP contribution in [0.4, 0.5) is 0 Å². The van der Waals surface area contributed by atoms with E-state index in [9.17, 15) is 4.79 Å². The Morgan fingerprint density at radius 1 is 1.33 bits per heavy atom. The maximum absolute atomic E-state index is 11.9. The number of benzene rings is 1. The van der Waals surface area contributed by atoms with Crippen molar-refractivity contribution in [1.29, 1.82) is 0 Å². The van der Waals surface area contributed by atoms with Gasteiger partial charge in [0.25, 0.3) is 0 Å². The van der Waals surface area contributed by atoms with Crippen LogP contribution in [0.2, 0.25) is 0 Å². The van der Waals surface area contributed by atoms with Gasteiger partial charge >= 0.3 is 0 Å². The number of hydrogen-bond acceptors (Lipinski definition) is 7. The van der Waals surface area contributed by atoms with E-state index in [1.807, 2.05) is 32.0 Å². The van der Waals surface area contributed by atoms with Crippen LogP contribution in [-0.2, 0) is 17.9 Å². The highest BCUT2D eigenvalue weighted by Gasteiger charge is 2.13. The van der Waals surface area contributed by atoms with Gasteiger partial charge in [-0.3, -0.25) is 4.79 Å². The summed E-state index contributed by atoms with van der Waals surface area (Å²) in [6, 6.07) is 9.52. The number of nitrogens with zero attached hydrogens (tertiary/aromatic N) is 3. The van der Waals surface area contributed by atoms with Crippen LogP contribution in [0, 0.1) is 13.8 Å². The predicted octanol–water partition coefficient (Wildman–Crippen LogP) is 2.19. The summed E-state index contributed by atoms with van der Waals surface area (Å²) in [5.41, 5.74) is 2.21. The number of rotatable bonds is 8. The molecule has 0 fully saturated rings. The van der Waals surface area contributed by atoms with Crippen molar-refractivity contribution in [3.05, 3.63) is 59.3 Å². The molecule has 0 saturated carbocycles. The highest BCUT2D eigenvalue weighted by molar-refractivity contribution is 7.99. The molecule has 0 aliphatic heterocycles. The first-order valence-corrected chi connectivity index (χ1v) is 9.33. The fourth-order valence-corrected chi connectivity index (χ4v) is 3.09. The Morgan fingerprint density at radius 2 is 2.19 bits per heavy atom. The van der Waals surface area contributed by atoms with E-state index in [0.717, 1.165) is 11.3 Å². The van der Waals surface area contributed by atoms with E-state index in [0.29, 0.717) is 23.3 Å². The Balaban J connectivity index is 1.50. The first kappa shape index (κ1) is 18.8. The van der Waals surface area contributed by atoms with Gasteiger partial charge < -0.3 is 20.3 Å². The van der Waals surface area contributed by atoms with Gasteiger partial charge in [0.15, 0.2) is 5.82 Å². The van der Waals surface area contributed by atoms with Crippen LogP contribution in [0.15, 0.2) is 46.2 Å². The molecule has 3 N–H and O–H groups in total. The molecular formula is C18H21N5O3S. The molecule has 3 aromatic rings. The lowest BCUT2D eigenvalue weighted by Gasteiger charge is -2.09. The summed E-state index contributed by atoms with van der Waals surface area (Å²) >= 11 is 1.21. The monoisotopic (exact) mass is 387 g/mol. The summed E-state index contributed by atoms with van der Waals surface area (Å²) in [5, 5.41) is 11.3. The lowest BCUT2D eigenvalue weighted by Crippen LogP contribution is -2.25. The Hall–Kier alpha value is -2.94. The maximum atomic E-state index is 11.9. The number of carbonyl (C=O) groups excluding carboxylic acids is 1. The average molecular weight is 387 g/mol. The fourth-order valence-electron chi connectivity index (χ4n) is 2.39. The molecule has 9 heteroatoms. The molecule has 1 aromatic carbocycles. The standard InChI is InChI=1S/C18H21N5O3S/c1-12-5-6-15(13(2)8-12)26-10-16-21-22-18(23(16)19)27-11-17(24)20-9-14-4-3-7-25-14/h3-8H,9-11,19H2,1-2H3,(H,20,24). The third-order valence-electron chi connectivity index (χ3n) is 3.79. The van der Waals surface area contributed by atoms with Crippen molar-refractivity contribution in [3.8, 4) is 5.75 Å². The van der Waals surface area contributed by atoms with E-state index in [4.69, 9.17) is 15.0 Å². The summed E-state index contributed by atoms with van der Waals surface area (Å²) in [6.45, 7) is 4.55. The van der Waals surface area contributed by atoms with Gasteiger partial charge in [-0.15, -0.1) is 10.2 Å². The Morgan fingerprint density at radius 3 is 2.93 bits per heavy atom. The third kappa shape index (κ3) is 5.04. The zero-order valence-corrected chi connectivity index (χ0v) is 16.0. The molecule has 3 rings (SSSR count). The van der Waals surface area contributed by atoms with Crippen LogP contribution in [0.25, 0.3) is 0 Å². The van der Waals surface area contributed by atoms with Crippen LogP contribution in [0.5, 0.6) is 5.75 Å². The number of hydrogen-bond donors (Lipinski definition) is 2. The highest BCUT2D eigenvalue weighted by atomic mass is 32.2. The number of nitrogen functional groups attached to an aromatic ring is 1. The largest absolute Gasteiger partial charge is 0.485 e. The second-order valence-corrected chi connectivity index (χ2v) is 6.91. The van der Waals surface area contributed by atoms with Gasteiger partial charge in [0, 0.05) is 0 Å². The zero-order chi connectivity index (χ0) is 19.2. The number of nitrogens with one attached hydrogen (secondary N) is 1. The molecule has 0 saturated heterocycles. The van der Waals surface area contributed by atoms with Gasteiger partial charge in [-0.1, -0.05) is 29.5 Å². The zero-order valence-electron chi connectivity index (χ0n) is 15.1. The number of aromatic nitrogens is 3. The predicted molar refractivity (Wildman–Crippen MR) is 102 cm³/mol. The summed E-state index contributed by atoms with van der Waals surface area (Å²) in [6.07, 6.45) is 1.56. The third-order valence-corrected chi connectivity index (χ3v) is 4.74. The Bertz CT molecular complexity index is 908. The van der Waals surface area contributed by atoms with Crippen LogP contribution < -0.4 is 15.9 Å². The highest BCUT2D eigenvalue weighted by Crippen LogP contribution is 2.20. The van der Waals surface area contributed by atoms with E-state index < -0.39 is 0 Å². The van der Waals surface area contributed by atoms with Crippen molar-refractivity contribution < 1.29 is 13.9 Å². The molecule has 2 heterocycles.